The van der Waals surface area contributed by atoms with E-state index in [1.54, 1.807) is 25.1 Å². The lowest BCUT2D eigenvalue weighted by Crippen LogP contribution is -2.52. The molecule has 0 atom stereocenters. The number of rotatable bonds is 2. The lowest BCUT2D eigenvalue weighted by atomic mass is 9.82. The van der Waals surface area contributed by atoms with Crippen molar-refractivity contribution in [2.24, 2.45) is 5.10 Å². The minimum absolute atomic E-state index is 0.0828. The van der Waals surface area contributed by atoms with Crippen molar-refractivity contribution in [2.75, 3.05) is 18.4 Å². The molecule has 1 spiro atoms. The third-order valence-electron chi connectivity index (χ3n) is 6.22. The molecule has 3 N–H and O–H groups in total. The van der Waals surface area contributed by atoms with Gasteiger partial charge in [-0.05, 0) is 55.4 Å². The van der Waals surface area contributed by atoms with Crippen LogP contribution in [0.15, 0.2) is 41.5 Å². The number of carbonyl (C=O) groups excluding carboxylic acids is 1. The number of nitrogens with one attached hydrogen (secondary N) is 2. The number of hydrazone groups is 1. The molecule has 168 valence electrons. The first kappa shape index (κ1) is 22.1. The van der Waals surface area contributed by atoms with Crippen LogP contribution in [0.1, 0.15) is 42.9 Å². The summed E-state index contributed by atoms with van der Waals surface area (Å²) in [7, 11) is 0. The van der Waals surface area contributed by atoms with Gasteiger partial charge in [-0.25, -0.2) is 0 Å². The molecule has 0 aliphatic carbocycles. The summed E-state index contributed by atoms with van der Waals surface area (Å²) in [5, 5.41) is 18.3. The number of phenols is 1. The standard InChI is InChI=1S/C24H28N4O3S/c1-15-5-4-6-16(2)22(15)25-23(32)27-26-20-14-24(9-11-28(12-10-24)17(3)29)31-21-8-7-18(30)13-19(20)21/h4-8,13,30H,9-12,14H2,1-3H3,(H2,25,27,32)/b26-20-. The van der Waals surface area contributed by atoms with E-state index in [4.69, 9.17) is 17.0 Å². The van der Waals surface area contributed by atoms with Gasteiger partial charge in [0.25, 0.3) is 0 Å². The number of anilines is 1. The van der Waals surface area contributed by atoms with Gasteiger partial charge in [0.05, 0.1) is 5.71 Å². The van der Waals surface area contributed by atoms with E-state index in [-0.39, 0.29) is 11.7 Å². The van der Waals surface area contributed by atoms with Gasteiger partial charge in [-0.1, -0.05) is 18.2 Å². The monoisotopic (exact) mass is 452 g/mol. The number of thiocarbonyl (C=S) groups is 1. The SMILES string of the molecule is CC(=O)N1CCC2(CC1)C/C(=N/NC(=S)Nc1c(C)cccc1C)c1cc(O)ccc1O2. The quantitative estimate of drug-likeness (QED) is 0.474. The summed E-state index contributed by atoms with van der Waals surface area (Å²) in [4.78, 5) is 13.6. The van der Waals surface area contributed by atoms with Gasteiger partial charge in [-0.2, -0.15) is 5.10 Å². The van der Waals surface area contributed by atoms with Crippen LogP contribution in [0.2, 0.25) is 0 Å². The molecule has 2 aromatic rings. The number of benzene rings is 2. The van der Waals surface area contributed by atoms with E-state index in [9.17, 15) is 9.90 Å². The van der Waals surface area contributed by atoms with Crippen molar-refractivity contribution in [3.05, 3.63) is 53.1 Å². The van der Waals surface area contributed by atoms with E-state index >= 15 is 0 Å². The van der Waals surface area contributed by atoms with Crippen LogP contribution in [0, 0.1) is 13.8 Å². The molecule has 0 bridgehead atoms. The number of fused-ring (bicyclic) bond motifs is 1. The number of likely N-dealkylation sites (tertiary alicyclic amines) is 1. The highest BCUT2D eigenvalue weighted by Gasteiger charge is 2.42. The van der Waals surface area contributed by atoms with Crippen molar-refractivity contribution in [3.63, 3.8) is 0 Å². The second kappa shape index (κ2) is 8.78. The van der Waals surface area contributed by atoms with Gasteiger partial charge in [0.15, 0.2) is 5.11 Å². The van der Waals surface area contributed by atoms with Crippen LogP contribution in [0.25, 0.3) is 0 Å². The number of hydrogen-bond acceptors (Lipinski definition) is 5. The first-order chi connectivity index (χ1) is 15.3. The van der Waals surface area contributed by atoms with Crippen LogP contribution in [0.3, 0.4) is 0 Å². The van der Waals surface area contributed by atoms with Gasteiger partial charge in [-0.15, -0.1) is 0 Å². The largest absolute Gasteiger partial charge is 0.508 e. The zero-order chi connectivity index (χ0) is 22.9. The summed E-state index contributed by atoms with van der Waals surface area (Å²) in [5.74, 6) is 0.914. The van der Waals surface area contributed by atoms with Crippen molar-refractivity contribution in [3.8, 4) is 11.5 Å². The fourth-order valence-electron chi connectivity index (χ4n) is 4.38. The molecule has 2 aliphatic rings. The van der Waals surface area contributed by atoms with E-state index in [2.05, 4.69) is 15.8 Å². The number of hydrogen-bond donors (Lipinski definition) is 3. The Kier molecular flexibility index (Phi) is 6.06. The molecule has 2 aromatic carbocycles. The molecule has 2 aliphatic heterocycles. The third-order valence-corrected chi connectivity index (χ3v) is 6.42. The van der Waals surface area contributed by atoms with E-state index in [0.29, 0.717) is 30.4 Å². The van der Waals surface area contributed by atoms with E-state index in [0.717, 1.165) is 40.9 Å². The Morgan fingerprint density at radius 2 is 1.88 bits per heavy atom. The molecule has 0 radical (unpaired) electrons. The lowest BCUT2D eigenvalue weighted by Gasteiger charge is -2.44. The normalized spacial score (nSPS) is 18.1. The maximum absolute atomic E-state index is 11.7. The smallest absolute Gasteiger partial charge is 0.219 e. The molecule has 32 heavy (non-hydrogen) atoms. The van der Waals surface area contributed by atoms with Gasteiger partial charge in [0.1, 0.15) is 17.1 Å². The highest BCUT2D eigenvalue weighted by Crippen LogP contribution is 2.40. The van der Waals surface area contributed by atoms with E-state index < -0.39 is 5.60 Å². The van der Waals surface area contributed by atoms with Gasteiger partial charge in [0.2, 0.25) is 5.91 Å². The second-order valence-corrected chi connectivity index (χ2v) is 8.95. The number of amides is 1. The first-order valence-corrected chi connectivity index (χ1v) is 11.1. The summed E-state index contributed by atoms with van der Waals surface area (Å²) < 4.78 is 6.40. The topological polar surface area (TPSA) is 86.2 Å². The van der Waals surface area contributed by atoms with Gasteiger partial charge >= 0.3 is 0 Å². The maximum Gasteiger partial charge on any atom is 0.219 e. The van der Waals surface area contributed by atoms with Crippen LogP contribution < -0.4 is 15.5 Å². The van der Waals surface area contributed by atoms with E-state index in [1.807, 2.05) is 36.9 Å². The Bertz CT molecular complexity index is 1070. The Morgan fingerprint density at radius 1 is 1.19 bits per heavy atom. The minimum atomic E-state index is -0.432. The Balaban J connectivity index is 1.56. The zero-order valence-corrected chi connectivity index (χ0v) is 19.4. The predicted molar refractivity (Wildman–Crippen MR) is 129 cm³/mol. The van der Waals surface area contributed by atoms with Crippen LogP contribution in [-0.2, 0) is 4.79 Å². The summed E-state index contributed by atoms with van der Waals surface area (Å²) in [6.07, 6.45) is 2.00. The number of para-hydroxylation sites is 1. The molecule has 0 unspecified atom stereocenters. The molecule has 0 aromatic heterocycles. The number of piperidine rings is 1. The number of phenolic OH excluding ortho intramolecular Hbond substituents is 1. The van der Waals surface area contributed by atoms with Crippen molar-refractivity contribution in [1.29, 1.82) is 0 Å². The second-order valence-electron chi connectivity index (χ2n) is 8.54. The van der Waals surface area contributed by atoms with Gasteiger partial charge < -0.3 is 20.1 Å². The average molecular weight is 453 g/mol. The predicted octanol–water partition coefficient (Wildman–Crippen LogP) is 3.86. The number of carbonyl (C=O) groups is 1. The van der Waals surface area contributed by atoms with Crippen LogP contribution in [-0.4, -0.2) is 45.4 Å². The molecular weight excluding hydrogens is 424 g/mol. The third kappa shape index (κ3) is 4.55. The number of ether oxygens (including phenoxy) is 1. The van der Waals surface area contributed by atoms with Gasteiger partial charge in [0, 0.05) is 50.5 Å². The van der Waals surface area contributed by atoms with Crippen LogP contribution in [0.4, 0.5) is 5.69 Å². The summed E-state index contributed by atoms with van der Waals surface area (Å²) in [6.45, 7) is 6.95. The molecule has 8 heteroatoms. The molecule has 7 nitrogen and oxygen atoms in total. The molecule has 2 heterocycles. The minimum Gasteiger partial charge on any atom is -0.508 e. The van der Waals surface area contributed by atoms with Crippen molar-refractivity contribution < 1.29 is 14.6 Å². The Labute approximate surface area is 193 Å². The molecule has 1 amide bonds. The van der Waals surface area contributed by atoms with Gasteiger partial charge in [-0.3, -0.25) is 10.2 Å². The molecule has 1 fully saturated rings. The molecule has 4 rings (SSSR count). The van der Waals surface area contributed by atoms with Crippen molar-refractivity contribution >= 4 is 34.6 Å². The fraction of sp³-hybridized carbons (Fsp3) is 0.375. The summed E-state index contributed by atoms with van der Waals surface area (Å²) in [5.41, 5.74) is 7.20. The van der Waals surface area contributed by atoms with Crippen molar-refractivity contribution in [1.82, 2.24) is 10.3 Å². The Morgan fingerprint density at radius 3 is 2.53 bits per heavy atom. The number of aryl methyl sites for hydroxylation is 2. The van der Waals surface area contributed by atoms with E-state index in [1.165, 1.54) is 0 Å². The number of nitrogens with zero attached hydrogens (tertiary/aromatic N) is 2. The molecule has 1 saturated heterocycles. The fourth-order valence-corrected chi connectivity index (χ4v) is 4.53. The van der Waals surface area contributed by atoms with Crippen LogP contribution >= 0.6 is 12.2 Å². The maximum atomic E-state index is 11.7. The molecular formula is C24H28N4O3S. The lowest BCUT2D eigenvalue weighted by molar-refractivity contribution is -0.132. The summed E-state index contributed by atoms with van der Waals surface area (Å²) >= 11 is 5.49. The van der Waals surface area contributed by atoms with Crippen molar-refractivity contribution in [2.45, 2.75) is 45.6 Å². The highest BCUT2D eigenvalue weighted by molar-refractivity contribution is 7.80. The number of aromatic hydroxyl groups is 1. The van der Waals surface area contributed by atoms with Crippen LogP contribution in [0.5, 0.6) is 11.5 Å². The highest BCUT2D eigenvalue weighted by atomic mass is 32.1. The summed E-state index contributed by atoms with van der Waals surface area (Å²) in [6, 6.07) is 11.1. The zero-order valence-electron chi connectivity index (χ0n) is 18.6. The average Bonchev–Trinajstić information content (AvgIpc) is 2.75. The molecule has 0 saturated carbocycles. The Hall–Kier alpha value is -3.13. The first-order valence-electron chi connectivity index (χ1n) is 10.7.